The molecule has 30 heavy (non-hydrogen) atoms. The highest BCUT2D eigenvalue weighted by Crippen LogP contribution is 2.32. The zero-order valence-corrected chi connectivity index (χ0v) is 18.2. The molecule has 4 rings (SSSR count). The van der Waals surface area contributed by atoms with E-state index in [0.717, 1.165) is 11.1 Å². The maximum absolute atomic E-state index is 12.7. The van der Waals surface area contributed by atoms with E-state index >= 15 is 0 Å². The molecule has 2 N–H and O–H groups in total. The molecule has 0 radical (unpaired) electrons. The first kappa shape index (κ1) is 20.4. The fourth-order valence-electron chi connectivity index (χ4n) is 3.01. The first-order valence-electron chi connectivity index (χ1n) is 9.50. The Morgan fingerprint density at radius 1 is 1.30 bits per heavy atom. The van der Waals surface area contributed by atoms with E-state index < -0.39 is 0 Å². The van der Waals surface area contributed by atoms with Gasteiger partial charge in [0.2, 0.25) is 5.91 Å². The smallest absolute Gasteiger partial charge is 0.260 e. The van der Waals surface area contributed by atoms with E-state index in [0.29, 0.717) is 28.3 Å². The van der Waals surface area contributed by atoms with Gasteiger partial charge < -0.3 is 14.7 Å². The molecule has 0 aliphatic heterocycles. The van der Waals surface area contributed by atoms with Crippen LogP contribution in [0.15, 0.2) is 57.3 Å². The third kappa shape index (κ3) is 4.49. The summed E-state index contributed by atoms with van der Waals surface area (Å²) < 4.78 is 5.42. The molecule has 6 nitrogen and oxygen atoms in total. The SMILES string of the molecule is Cc1ccc(CNC(=O)CSC(C)c2nc3scc(-c4ccco4)c3c(=O)[nH]2)cc1. The Bertz CT molecular complexity index is 1210. The van der Waals surface area contributed by atoms with Crippen LogP contribution in [0.1, 0.15) is 29.1 Å². The van der Waals surface area contributed by atoms with E-state index in [1.807, 2.05) is 49.6 Å². The number of thiophene rings is 1. The number of aryl methyl sites for hydroxylation is 1. The van der Waals surface area contributed by atoms with Crippen molar-refractivity contribution in [3.8, 4) is 11.3 Å². The van der Waals surface area contributed by atoms with Crippen molar-refractivity contribution in [2.45, 2.75) is 25.6 Å². The Labute approximate surface area is 181 Å². The van der Waals surface area contributed by atoms with Crippen molar-refractivity contribution in [2.24, 2.45) is 0 Å². The Kier molecular flexibility index (Phi) is 6.06. The van der Waals surface area contributed by atoms with E-state index in [9.17, 15) is 9.59 Å². The Morgan fingerprint density at radius 2 is 2.10 bits per heavy atom. The van der Waals surface area contributed by atoms with Gasteiger partial charge in [0.15, 0.2) is 0 Å². The van der Waals surface area contributed by atoms with Gasteiger partial charge >= 0.3 is 0 Å². The first-order chi connectivity index (χ1) is 14.5. The molecule has 1 amide bonds. The predicted molar refractivity (Wildman–Crippen MR) is 122 cm³/mol. The predicted octanol–water partition coefficient (Wildman–Crippen LogP) is 4.66. The van der Waals surface area contributed by atoms with E-state index in [1.165, 1.54) is 28.7 Å². The van der Waals surface area contributed by atoms with Gasteiger partial charge in [0, 0.05) is 17.5 Å². The summed E-state index contributed by atoms with van der Waals surface area (Å²) in [4.78, 5) is 33.0. The van der Waals surface area contributed by atoms with E-state index in [2.05, 4.69) is 15.3 Å². The summed E-state index contributed by atoms with van der Waals surface area (Å²) in [5.74, 6) is 1.45. The molecule has 0 saturated carbocycles. The molecule has 4 aromatic rings. The van der Waals surface area contributed by atoms with Crippen molar-refractivity contribution in [1.29, 1.82) is 0 Å². The molecule has 1 unspecified atom stereocenters. The summed E-state index contributed by atoms with van der Waals surface area (Å²) in [5, 5.41) is 5.22. The van der Waals surface area contributed by atoms with Crippen molar-refractivity contribution in [1.82, 2.24) is 15.3 Å². The van der Waals surface area contributed by atoms with Gasteiger partial charge in [0.25, 0.3) is 5.56 Å². The Balaban J connectivity index is 1.39. The average molecular weight is 440 g/mol. The number of H-pyrrole nitrogens is 1. The summed E-state index contributed by atoms with van der Waals surface area (Å²) in [5.41, 5.74) is 2.80. The number of thioether (sulfide) groups is 1. The molecule has 0 fully saturated rings. The summed E-state index contributed by atoms with van der Waals surface area (Å²) in [6.07, 6.45) is 1.58. The van der Waals surface area contributed by atoms with Crippen molar-refractivity contribution < 1.29 is 9.21 Å². The molecule has 0 spiro atoms. The van der Waals surface area contributed by atoms with Crippen LogP contribution in [0.5, 0.6) is 0 Å². The van der Waals surface area contributed by atoms with Gasteiger partial charge in [-0.1, -0.05) is 29.8 Å². The van der Waals surface area contributed by atoms with Gasteiger partial charge in [0.05, 0.1) is 22.7 Å². The van der Waals surface area contributed by atoms with Crippen LogP contribution in [0.3, 0.4) is 0 Å². The number of benzene rings is 1. The average Bonchev–Trinajstić information content (AvgIpc) is 3.41. The highest BCUT2D eigenvalue weighted by molar-refractivity contribution is 8.00. The molecular formula is C22H21N3O3S2. The maximum atomic E-state index is 12.7. The lowest BCUT2D eigenvalue weighted by Gasteiger charge is -2.11. The lowest BCUT2D eigenvalue weighted by Crippen LogP contribution is -2.25. The van der Waals surface area contributed by atoms with Crippen LogP contribution in [-0.2, 0) is 11.3 Å². The van der Waals surface area contributed by atoms with Crippen molar-refractivity contribution in [3.05, 3.63) is 75.3 Å². The molecule has 0 aliphatic carbocycles. The van der Waals surface area contributed by atoms with Crippen molar-refractivity contribution in [3.63, 3.8) is 0 Å². The third-order valence-electron chi connectivity index (χ3n) is 4.71. The zero-order valence-electron chi connectivity index (χ0n) is 16.6. The highest BCUT2D eigenvalue weighted by Gasteiger charge is 2.18. The molecule has 0 bridgehead atoms. The second kappa shape index (κ2) is 8.89. The largest absolute Gasteiger partial charge is 0.464 e. The van der Waals surface area contributed by atoms with Crippen molar-refractivity contribution >= 4 is 39.2 Å². The molecule has 0 saturated heterocycles. The number of furan rings is 1. The second-order valence-electron chi connectivity index (χ2n) is 6.97. The molecule has 3 aromatic heterocycles. The topological polar surface area (TPSA) is 88.0 Å². The van der Waals surface area contributed by atoms with E-state index in [1.54, 1.807) is 12.3 Å². The van der Waals surface area contributed by atoms with Gasteiger partial charge in [0.1, 0.15) is 16.4 Å². The van der Waals surface area contributed by atoms with Crippen LogP contribution >= 0.6 is 23.1 Å². The number of nitrogens with zero attached hydrogens (tertiary/aromatic N) is 1. The van der Waals surface area contributed by atoms with Crippen LogP contribution < -0.4 is 10.9 Å². The fraction of sp³-hybridized carbons (Fsp3) is 0.227. The van der Waals surface area contributed by atoms with Crippen LogP contribution in [0.4, 0.5) is 0 Å². The Morgan fingerprint density at radius 3 is 2.83 bits per heavy atom. The number of amides is 1. The monoisotopic (exact) mass is 439 g/mol. The van der Waals surface area contributed by atoms with E-state index in [4.69, 9.17) is 4.42 Å². The quantitative estimate of drug-likeness (QED) is 0.437. The molecular weight excluding hydrogens is 418 g/mol. The summed E-state index contributed by atoms with van der Waals surface area (Å²) >= 11 is 2.85. The third-order valence-corrected chi connectivity index (χ3v) is 6.73. The molecule has 3 heterocycles. The van der Waals surface area contributed by atoms with Gasteiger partial charge in [-0.3, -0.25) is 9.59 Å². The molecule has 154 valence electrons. The fourth-order valence-corrected chi connectivity index (χ4v) is 4.72. The number of hydrogen-bond donors (Lipinski definition) is 2. The summed E-state index contributed by atoms with van der Waals surface area (Å²) in [6, 6.07) is 11.7. The first-order valence-corrected chi connectivity index (χ1v) is 11.4. The normalized spacial score (nSPS) is 12.2. The minimum Gasteiger partial charge on any atom is -0.464 e. The number of aromatic amines is 1. The van der Waals surface area contributed by atoms with Crippen LogP contribution in [-0.4, -0.2) is 21.6 Å². The number of carbonyl (C=O) groups is 1. The van der Waals surface area contributed by atoms with Crippen LogP contribution in [0.25, 0.3) is 21.5 Å². The maximum Gasteiger partial charge on any atom is 0.260 e. The molecule has 0 aliphatic rings. The molecule has 8 heteroatoms. The lowest BCUT2D eigenvalue weighted by atomic mass is 10.1. The standard InChI is InChI=1S/C22H21N3O3S2/c1-13-5-7-15(8-6-13)10-23-18(26)12-29-14(2)20-24-21(27)19-16(11-30-22(19)25-20)17-4-3-9-28-17/h3-9,11,14H,10,12H2,1-2H3,(H,23,26)(H,24,25,27). The van der Waals surface area contributed by atoms with E-state index in [-0.39, 0.29) is 22.5 Å². The molecule has 1 aromatic carbocycles. The summed E-state index contributed by atoms with van der Waals surface area (Å²) in [6.45, 7) is 4.47. The lowest BCUT2D eigenvalue weighted by molar-refractivity contribution is -0.118. The van der Waals surface area contributed by atoms with Gasteiger partial charge in [-0.15, -0.1) is 23.1 Å². The number of carbonyl (C=O) groups excluding carboxylic acids is 1. The van der Waals surface area contributed by atoms with Crippen molar-refractivity contribution in [2.75, 3.05) is 5.75 Å². The van der Waals surface area contributed by atoms with Crippen LogP contribution in [0, 0.1) is 6.92 Å². The summed E-state index contributed by atoms with van der Waals surface area (Å²) in [7, 11) is 0. The van der Waals surface area contributed by atoms with Crippen LogP contribution in [0.2, 0.25) is 0 Å². The number of aromatic nitrogens is 2. The number of rotatable bonds is 7. The number of fused-ring (bicyclic) bond motifs is 1. The minimum absolute atomic E-state index is 0.0490. The molecule has 1 atom stereocenters. The zero-order chi connectivity index (χ0) is 21.1. The number of nitrogens with one attached hydrogen (secondary N) is 2. The van der Waals surface area contributed by atoms with Gasteiger partial charge in [-0.25, -0.2) is 4.98 Å². The minimum atomic E-state index is -0.195. The Hall–Kier alpha value is -2.84. The highest BCUT2D eigenvalue weighted by atomic mass is 32.2. The second-order valence-corrected chi connectivity index (χ2v) is 9.16. The van der Waals surface area contributed by atoms with Gasteiger partial charge in [-0.2, -0.15) is 0 Å². The van der Waals surface area contributed by atoms with Gasteiger partial charge in [-0.05, 0) is 31.5 Å². The number of hydrogen-bond acceptors (Lipinski definition) is 6.